The standard InChI is InChI=1S/C8H10O2.C6H5N3/c9-8(10)6-7-4-2-1-3-5-7;1-2-4-6-5(3-1)7-9-8-6/h1-5,8-10H,6H2;1-4H,(H,7,8,9). The van der Waals surface area contributed by atoms with Crippen LogP contribution in [0, 0.1) is 0 Å². The maximum absolute atomic E-state index is 8.56. The minimum atomic E-state index is -1.23. The number of aliphatic hydroxyl groups is 2. The van der Waals surface area contributed by atoms with E-state index in [0.29, 0.717) is 6.42 Å². The average Bonchev–Trinajstić information content (AvgIpc) is 2.88. The van der Waals surface area contributed by atoms with Crippen molar-refractivity contribution >= 4 is 11.0 Å². The van der Waals surface area contributed by atoms with Crippen LogP contribution in [0.25, 0.3) is 11.0 Å². The Morgan fingerprint density at radius 2 is 1.63 bits per heavy atom. The summed E-state index contributed by atoms with van der Waals surface area (Å²) in [5, 5.41) is 27.3. The zero-order valence-electron chi connectivity index (χ0n) is 10.3. The Balaban J connectivity index is 0.000000141. The molecule has 0 aliphatic rings. The van der Waals surface area contributed by atoms with Gasteiger partial charge in [0.1, 0.15) is 5.52 Å². The Kier molecular flexibility index (Phi) is 4.60. The highest BCUT2D eigenvalue weighted by molar-refractivity contribution is 5.72. The van der Waals surface area contributed by atoms with E-state index >= 15 is 0 Å². The molecule has 98 valence electrons. The SMILES string of the molecule is OC(O)Cc1ccccc1.c1ccc2[nH]nnc2c1. The third kappa shape index (κ3) is 4.17. The highest BCUT2D eigenvalue weighted by Gasteiger charge is 1.97. The molecule has 0 bridgehead atoms. The molecular weight excluding hydrogens is 242 g/mol. The summed E-state index contributed by atoms with van der Waals surface area (Å²) in [6.07, 6.45) is -0.928. The summed E-state index contributed by atoms with van der Waals surface area (Å²) >= 11 is 0. The topological polar surface area (TPSA) is 82.0 Å². The van der Waals surface area contributed by atoms with Gasteiger partial charge in [0, 0.05) is 6.42 Å². The van der Waals surface area contributed by atoms with Crippen LogP contribution in [-0.4, -0.2) is 31.9 Å². The number of H-pyrrole nitrogens is 1. The number of aromatic nitrogens is 3. The number of para-hydroxylation sites is 1. The van der Waals surface area contributed by atoms with E-state index in [1.807, 2.05) is 54.6 Å². The number of aromatic amines is 1. The minimum absolute atomic E-state index is 0.306. The maximum atomic E-state index is 8.56. The molecule has 0 fully saturated rings. The first-order valence-electron chi connectivity index (χ1n) is 5.91. The van der Waals surface area contributed by atoms with E-state index in [-0.39, 0.29) is 0 Å². The second-order valence-electron chi connectivity index (χ2n) is 4.00. The van der Waals surface area contributed by atoms with Gasteiger partial charge < -0.3 is 10.2 Å². The number of nitrogens with one attached hydrogen (secondary N) is 1. The summed E-state index contributed by atoms with van der Waals surface area (Å²) in [5.74, 6) is 0. The fourth-order valence-corrected chi connectivity index (χ4v) is 1.61. The van der Waals surface area contributed by atoms with E-state index in [9.17, 15) is 0 Å². The van der Waals surface area contributed by atoms with Gasteiger partial charge in [-0.2, -0.15) is 0 Å². The van der Waals surface area contributed by atoms with Crippen LogP contribution in [0.3, 0.4) is 0 Å². The Bertz CT molecular complexity index is 578. The van der Waals surface area contributed by atoms with Crippen molar-refractivity contribution in [2.75, 3.05) is 0 Å². The highest BCUT2D eigenvalue weighted by Crippen LogP contribution is 2.03. The number of rotatable bonds is 2. The maximum Gasteiger partial charge on any atom is 0.155 e. The number of fused-ring (bicyclic) bond motifs is 1. The lowest BCUT2D eigenvalue weighted by molar-refractivity contribution is -0.0381. The molecule has 0 amide bonds. The number of hydrogen-bond acceptors (Lipinski definition) is 4. The highest BCUT2D eigenvalue weighted by atomic mass is 16.5. The smallest absolute Gasteiger partial charge is 0.155 e. The molecule has 0 unspecified atom stereocenters. The van der Waals surface area contributed by atoms with Crippen molar-refractivity contribution in [3.05, 3.63) is 60.2 Å². The van der Waals surface area contributed by atoms with Crippen molar-refractivity contribution in [1.29, 1.82) is 0 Å². The number of benzene rings is 2. The van der Waals surface area contributed by atoms with Gasteiger partial charge >= 0.3 is 0 Å². The molecule has 19 heavy (non-hydrogen) atoms. The van der Waals surface area contributed by atoms with Gasteiger partial charge in [0.2, 0.25) is 0 Å². The van der Waals surface area contributed by atoms with E-state index in [4.69, 9.17) is 10.2 Å². The molecule has 1 aromatic heterocycles. The number of aliphatic hydroxyl groups excluding tert-OH is 1. The van der Waals surface area contributed by atoms with E-state index in [1.54, 1.807) is 0 Å². The zero-order chi connectivity index (χ0) is 13.5. The molecule has 3 aromatic rings. The summed E-state index contributed by atoms with van der Waals surface area (Å²) in [5.41, 5.74) is 2.84. The van der Waals surface area contributed by atoms with E-state index in [2.05, 4.69) is 15.4 Å². The fourth-order valence-electron chi connectivity index (χ4n) is 1.61. The first-order valence-corrected chi connectivity index (χ1v) is 5.91. The van der Waals surface area contributed by atoms with Crippen LogP contribution in [0.1, 0.15) is 5.56 Å². The second kappa shape index (κ2) is 6.63. The molecule has 0 radical (unpaired) electrons. The van der Waals surface area contributed by atoms with Crippen LogP contribution in [-0.2, 0) is 6.42 Å². The molecular formula is C14H15N3O2. The van der Waals surface area contributed by atoms with Gasteiger partial charge in [-0.05, 0) is 17.7 Å². The van der Waals surface area contributed by atoms with Gasteiger partial charge in [-0.15, -0.1) is 5.10 Å². The van der Waals surface area contributed by atoms with E-state index < -0.39 is 6.29 Å². The molecule has 0 atom stereocenters. The lowest BCUT2D eigenvalue weighted by atomic mass is 10.1. The third-order valence-electron chi connectivity index (χ3n) is 2.49. The summed E-state index contributed by atoms with van der Waals surface area (Å²) in [6.45, 7) is 0. The summed E-state index contributed by atoms with van der Waals surface area (Å²) < 4.78 is 0. The number of nitrogens with zero attached hydrogens (tertiary/aromatic N) is 2. The van der Waals surface area contributed by atoms with Crippen molar-refractivity contribution in [3.8, 4) is 0 Å². The Morgan fingerprint density at radius 1 is 0.947 bits per heavy atom. The summed E-state index contributed by atoms with van der Waals surface area (Å²) in [6, 6.07) is 17.1. The van der Waals surface area contributed by atoms with Gasteiger partial charge in [-0.3, -0.25) is 5.10 Å². The molecule has 1 heterocycles. The van der Waals surface area contributed by atoms with E-state index in [1.165, 1.54) is 0 Å². The third-order valence-corrected chi connectivity index (χ3v) is 2.49. The first-order chi connectivity index (χ1) is 9.25. The summed E-state index contributed by atoms with van der Waals surface area (Å²) in [4.78, 5) is 0. The normalized spacial score (nSPS) is 10.3. The van der Waals surface area contributed by atoms with Crippen molar-refractivity contribution in [3.63, 3.8) is 0 Å². The van der Waals surface area contributed by atoms with Gasteiger partial charge in [-0.25, -0.2) is 0 Å². The van der Waals surface area contributed by atoms with Crippen molar-refractivity contribution in [2.24, 2.45) is 0 Å². The largest absolute Gasteiger partial charge is 0.368 e. The Labute approximate surface area is 110 Å². The van der Waals surface area contributed by atoms with Crippen LogP contribution < -0.4 is 0 Å². The van der Waals surface area contributed by atoms with Crippen LogP contribution >= 0.6 is 0 Å². The molecule has 5 nitrogen and oxygen atoms in total. The van der Waals surface area contributed by atoms with Crippen LogP contribution in [0.5, 0.6) is 0 Å². The predicted molar refractivity (Wildman–Crippen MR) is 72.3 cm³/mol. The van der Waals surface area contributed by atoms with Crippen LogP contribution in [0.15, 0.2) is 54.6 Å². The van der Waals surface area contributed by atoms with E-state index in [0.717, 1.165) is 16.6 Å². The number of hydrogen-bond donors (Lipinski definition) is 3. The molecule has 3 N–H and O–H groups in total. The van der Waals surface area contributed by atoms with Gasteiger partial charge in [-0.1, -0.05) is 47.7 Å². The van der Waals surface area contributed by atoms with Crippen LogP contribution in [0.4, 0.5) is 0 Å². The lowest BCUT2D eigenvalue weighted by Gasteiger charge is -2.01. The monoisotopic (exact) mass is 257 g/mol. The predicted octanol–water partition coefficient (Wildman–Crippen LogP) is 1.50. The molecule has 3 rings (SSSR count). The molecule has 0 aliphatic heterocycles. The Morgan fingerprint density at radius 3 is 2.32 bits per heavy atom. The summed E-state index contributed by atoms with van der Waals surface area (Å²) in [7, 11) is 0. The van der Waals surface area contributed by atoms with Crippen LogP contribution in [0.2, 0.25) is 0 Å². The van der Waals surface area contributed by atoms with Crippen molar-refractivity contribution in [1.82, 2.24) is 15.4 Å². The first kappa shape index (κ1) is 13.2. The average molecular weight is 257 g/mol. The van der Waals surface area contributed by atoms with Gasteiger partial charge in [0.25, 0.3) is 0 Å². The van der Waals surface area contributed by atoms with Gasteiger partial charge in [0.05, 0.1) is 5.52 Å². The van der Waals surface area contributed by atoms with Gasteiger partial charge in [0.15, 0.2) is 6.29 Å². The molecule has 0 spiro atoms. The zero-order valence-corrected chi connectivity index (χ0v) is 10.3. The quantitative estimate of drug-likeness (QED) is 0.608. The lowest BCUT2D eigenvalue weighted by Crippen LogP contribution is -2.07. The second-order valence-corrected chi connectivity index (χ2v) is 4.00. The molecule has 0 saturated carbocycles. The molecule has 2 aromatic carbocycles. The van der Waals surface area contributed by atoms with Crippen molar-refractivity contribution in [2.45, 2.75) is 12.7 Å². The fraction of sp³-hybridized carbons (Fsp3) is 0.143. The molecule has 0 aliphatic carbocycles. The molecule has 0 saturated heterocycles. The molecule has 5 heteroatoms. The van der Waals surface area contributed by atoms with Crippen molar-refractivity contribution < 1.29 is 10.2 Å². The Hall–Kier alpha value is -2.24. The minimum Gasteiger partial charge on any atom is -0.368 e.